The average molecular weight is 402 g/mol. The number of nitrogens with one attached hydrogen (secondary N) is 1. The third-order valence-corrected chi connectivity index (χ3v) is 4.77. The van der Waals surface area contributed by atoms with Crippen LogP contribution in [0.25, 0.3) is 5.69 Å². The van der Waals surface area contributed by atoms with E-state index in [-0.39, 0.29) is 11.4 Å². The van der Waals surface area contributed by atoms with E-state index in [1.54, 1.807) is 4.68 Å². The number of thioether (sulfide) groups is 1. The number of aromatic nitrogens is 4. The number of rotatable bonds is 6. The number of benzene rings is 2. The van der Waals surface area contributed by atoms with Gasteiger partial charge in [0.2, 0.25) is 11.1 Å². The summed E-state index contributed by atoms with van der Waals surface area (Å²) in [5.41, 5.74) is 2.18. The third-order valence-electron chi connectivity index (χ3n) is 3.86. The molecule has 0 aliphatic rings. The quantitative estimate of drug-likeness (QED) is 0.383. The number of carbonyl (C=O) groups is 1. The second-order valence-electron chi connectivity index (χ2n) is 5.87. The molecule has 1 heterocycles. The van der Waals surface area contributed by atoms with Crippen molar-refractivity contribution in [1.82, 2.24) is 20.2 Å². The molecule has 0 bridgehead atoms. The van der Waals surface area contributed by atoms with E-state index in [9.17, 15) is 19.3 Å². The number of para-hydroxylation sites is 1. The van der Waals surface area contributed by atoms with Gasteiger partial charge in [-0.25, -0.2) is 4.39 Å². The fraction of sp³-hybridized carbons (Fsp3) is 0.176. The van der Waals surface area contributed by atoms with Gasteiger partial charge in [0.25, 0.3) is 5.69 Å². The van der Waals surface area contributed by atoms with Crippen LogP contribution in [0.2, 0.25) is 0 Å². The van der Waals surface area contributed by atoms with Gasteiger partial charge in [0.15, 0.2) is 0 Å². The van der Waals surface area contributed by atoms with Crippen molar-refractivity contribution < 1.29 is 14.1 Å². The second-order valence-corrected chi connectivity index (χ2v) is 6.81. The zero-order chi connectivity index (χ0) is 20.3. The van der Waals surface area contributed by atoms with Gasteiger partial charge in [0.05, 0.1) is 22.4 Å². The number of anilines is 1. The van der Waals surface area contributed by atoms with E-state index in [2.05, 4.69) is 20.8 Å². The molecule has 1 N–H and O–H groups in total. The average Bonchev–Trinajstić information content (AvgIpc) is 3.09. The highest BCUT2D eigenvalue weighted by molar-refractivity contribution is 7.99. The normalized spacial score (nSPS) is 10.7. The lowest BCUT2D eigenvalue weighted by molar-refractivity contribution is -0.384. The van der Waals surface area contributed by atoms with Gasteiger partial charge in [0.1, 0.15) is 11.5 Å². The van der Waals surface area contributed by atoms with Crippen LogP contribution in [0.5, 0.6) is 0 Å². The van der Waals surface area contributed by atoms with Crippen LogP contribution in [-0.4, -0.2) is 36.8 Å². The smallest absolute Gasteiger partial charge is 0.295 e. The molecule has 1 amide bonds. The van der Waals surface area contributed by atoms with Crippen LogP contribution < -0.4 is 5.32 Å². The molecule has 0 unspecified atom stereocenters. The minimum atomic E-state index is -0.758. The molecule has 3 rings (SSSR count). The highest BCUT2D eigenvalue weighted by Gasteiger charge is 2.19. The summed E-state index contributed by atoms with van der Waals surface area (Å²) >= 11 is 1.08. The molecule has 0 aliphatic carbocycles. The number of nitro benzene ring substituents is 1. The molecule has 2 aromatic carbocycles. The van der Waals surface area contributed by atoms with Gasteiger partial charge >= 0.3 is 0 Å². The number of amides is 1. The number of carbonyl (C=O) groups excluding carboxylic acids is 1. The lowest BCUT2D eigenvalue weighted by Crippen LogP contribution is -2.16. The van der Waals surface area contributed by atoms with Gasteiger partial charge in [-0.05, 0) is 47.5 Å². The number of halogens is 1. The zero-order valence-electron chi connectivity index (χ0n) is 14.9. The maximum absolute atomic E-state index is 13.2. The Morgan fingerprint density at radius 3 is 2.68 bits per heavy atom. The van der Waals surface area contributed by atoms with Crippen LogP contribution in [0, 0.1) is 29.8 Å². The standard InChI is InChI=1S/C17H15FN6O3S/c1-10-4-3-5-11(2)16(10)23-17(20-21-22-23)28-9-15(25)19-13-7-6-12(18)8-14(13)24(26)27/h3-8H,9H2,1-2H3,(H,19,25). The summed E-state index contributed by atoms with van der Waals surface area (Å²) in [6, 6.07) is 8.73. The summed E-state index contributed by atoms with van der Waals surface area (Å²) in [5.74, 6) is -1.34. The first-order chi connectivity index (χ1) is 13.4. The van der Waals surface area contributed by atoms with Crippen LogP contribution in [0.4, 0.5) is 15.8 Å². The Balaban J connectivity index is 1.74. The van der Waals surface area contributed by atoms with Gasteiger partial charge in [-0.15, -0.1) is 5.10 Å². The molecule has 0 radical (unpaired) electrons. The fourth-order valence-electron chi connectivity index (χ4n) is 2.63. The molecule has 0 saturated heterocycles. The van der Waals surface area contributed by atoms with Crippen molar-refractivity contribution in [2.45, 2.75) is 19.0 Å². The van der Waals surface area contributed by atoms with Crippen molar-refractivity contribution in [2.75, 3.05) is 11.1 Å². The Hall–Kier alpha value is -3.34. The van der Waals surface area contributed by atoms with Crippen molar-refractivity contribution in [3.05, 3.63) is 63.5 Å². The first-order valence-corrected chi connectivity index (χ1v) is 9.07. The first kappa shape index (κ1) is 19.4. The molecular formula is C17H15FN6O3S. The summed E-state index contributed by atoms with van der Waals surface area (Å²) in [4.78, 5) is 22.5. The van der Waals surface area contributed by atoms with E-state index < -0.39 is 22.3 Å². The zero-order valence-corrected chi connectivity index (χ0v) is 15.7. The second kappa shape index (κ2) is 8.13. The van der Waals surface area contributed by atoms with Gasteiger partial charge < -0.3 is 5.32 Å². The molecule has 1 aromatic heterocycles. The van der Waals surface area contributed by atoms with Crippen LogP contribution in [0.1, 0.15) is 11.1 Å². The summed E-state index contributed by atoms with van der Waals surface area (Å²) in [6.07, 6.45) is 0. The van der Waals surface area contributed by atoms with E-state index in [4.69, 9.17) is 0 Å². The van der Waals surface area contributed by atoms with Gasteiger partial charge in [-0.3, -0.25) is 14.9 Å². The maximum Gasteiger partial charge on any atom is 0.295 e. The number of tetrazole rings is 1. The summed E-state index contributed by atoms with van der Waals surface area (Å²) < 4.78 is 14.7. The molecule has 0 spiro atoms. The van der Waals surface area contributed by atoms with Crippen LogP contribution in [0.3, 0.4) is 0 Å². The number of hydrogen-bond donors (Lipinski definition) is 1. The van der Waals surface area contributed by atoms with Gasteiger partial charge in [-0.2, -0.15) is 4.68 Å². The Kier molecular flexibility index (Phi) is 5.64. The Bertz CT molecular complexity index is 1030. The highest BCUT2D eigenvalue weighted by atomic mass is 32.2. The molecule has 0 fully saturated rings. The molecular weight excluding hydrogens is 387 g/mol. The van der Waals surface area contributed by atoms with E-state index in [1.165, 1.54) is 0 Å². The van der Waals surface area contributed by atoms with Crippen molar-refractivity contribution in [3.8, 4) is 5.69 Å². The molecule has 0 atom stereocenters. The van der Waals surface area contributed by atoms with Crippen molar-refractivity contribution in [3.63, 3.8) is 0 Å². The molecule has 144 valence electrons. The number of nitrogens with zero attached hydrogens (tertiary/aromatic N) is 5. The van der Waals surface area contributed by atoms with E-state index >= 15 is 0 Å². The summed E-state index contributed by atoms with van der Waals surface area (Å²) in [5, 5.41) is 25.4. The van der Waals surface area contributed by atoms with Crippen molar-refractivity contribution in [2.24, 2.45) is 0 Å². The van der Waals surface area contributed by atoms with Crippen LogP contribution in [-0.2, 0) is 4.79 Å². The van der Waals surface area contributed by atoms with Gasteiger partial charge in [0, 0.05) is 0 Å². The number of nitro groups is 1. The topological polar surface area (TPSA) is 116 Å². The number of hydrogen-bond acceptors (Lipinski definition) is 7. The Morgan fingerprint density at radius 2 is 2.00 bits per heavy atom. The van der Waals surface area contributed by atoms with Crippen molar-refractivity contribution in [1.29, 1.82) is 0 Å². The fourth-order valence-corrected chi connectivity index (χ4v) is 3.30. The van der Waals surface area contributed by atoms with E-state index in [0.29, 0.717) is 5.16 Å². The largest absolute Gasteiger partial charge is 0.320 e. The first-order valence-electron chi connectivity index (χ1n) is 8.08. The molecule has 11 heteroatoms. The lowest BCUT2D eigenvalue weighted by Gasteiger charge is -2.10. The predicted molar refractivity (Wildman–Crippen MR) is 101 cm³/mol. The lowest BCUT2D eigenvalue weighted by atomic mass is 10.1. The molecule has 0 aliphatic heterocycles. The Morgan fingerprint density at radius 1 is 1.29 bits per heavy atom. The van der Waals surface area contributed by atoms with E-state index in [1.807, 2.05) is 32.0 Å². The molecule has 9 nitrogen and oxygen atoms in total. The minimum absolute atomic E-state index is 0.0775. The maximum atomic E-state index is 13.2. The monoisotopic (exact) mass is 402 g/mol. The molecule has 0 saturated carbocycles. The van der Waals surface area contributed by atoms with Gasteiger partial charge in [-0.1, -0.05) is 30.0 Å². The van der Waals surface area contributed by atoms with Crippen molar-refractivity contribution >= 4 is 29.0 Å². The van der Waals surface area contributed by atoms with Crippen LogP contribution >= 0.6 is 11.8 Å². The minimum Gasteiger partial charge on any atom is -0.320 e. The summed E-state index contributed by atoms with van der Waals surface area (Å²) in [6.45, 7) is 3.86. The Labute approximate surface area is 163 Å². The van der Waals surface area contributed by atoms with Crippen LogP contribution in [0.15, 0.2) is 41.6 Å². The number of aryl methyl sites for hydroxylation is 2. The summed E-state index contributed by atoms with van der Waals surface area (Å²) in [7, 11) is 0. The SMILES string of the molecule is Cc1cccc(C)c1-n1nnnc1SCC(=O)Nc1ccc(F)cc1[N+](=O)[O-]. The highest BCUT2D eigenvalue weighted by Crippen LogP contribution is 2.26. The molecule has 3 aromatic rings. The van der Waals surface area contributed by atoms with E-state index in [0.717, 1.165) is 46.8 Å². The third kappa shape index (κ3) is 4.14. The molecule has 28 heavy (non-hydrogen) atoms. The predicted octanol–water partition coefficient (Wildman–Crippen LogP) is 3.06.